The molecule has 0 saturated heterocycles. The Morgan fingerprint density at radius 1 is 1.21 bits per heavy atom. The number of anilines is 1. The number of hydrogen-bond donors (Lipinski definition) is 1. The Hall–Kier alpha value is -3.81. The van der Waals surface area contributed by atoms with Crippen molar-refractivity contribution in [1.29, 1.82) is 0 Å². The van der Waals surface area contributed by atoms with E-state index in [-0.39, 0.29) is 33.2 Å². The number of aryl methyl sites for hydroxylation is 1. The zero-order valence-corrected chi connectivity index (χ0v) is 17.7. The van der Waals surface area contributed by atoms with Crippen molar-refractivity contribution in [2.45, 2.75) is 12.6 Å². The standard InChI is InChI=1S/C19H13F4N5O4S/c1-27-15-14(16(30)28(2)18(27)31)12(32-26-15)6-13(29)25-17-24-11(7-33-17)8-3-4-9(10(20)5-8)19(21,22)23/h3-5,7H,6H2,1-2H3,(H,24,25,29). The Bertz CT molecular complexity index is 1520. The molecule has 172 valence electrons. The molecule has 33 heavy (non-hydrogen) atoms. The number of halogens is 4. The van der Waals surface area contributed by atoms with Gasteiger partial charge in [-0.1, -0.05) is 11.2 Å². The van der Waals surface area contributed by atoms with Gasteiger partial charge in [0.15, 0.2) is 16.5 Å². The maximum atomic E-state index is 13.8. The fourth-order valence-corrected chi connectivity index (χ4v) is 3.86. The van der Waals surface area contributed by atoms with E-state index in [0.29, 0.717) is 12.1 Å². The molecule has 0 radical (unpaired) electrons. The van der Waals surface area contributed by atoms with Crippen LogP contribution in [-0.2, 0) is 31.5 Å². The van der Waals surface area contributed by atoms with Crippen molar-refractivity contribution in [3.8, 4) is 11.3 Å². The number of rotatable bonds is 4. The van der Waals surface area contributed by atoms with E-state index in [1.54, 1.807) is 0 Å². The Morgan fingerprint density at radius 3 is 2.61 bits per heavy atom. The summed E-state index contributed by atoms with van der Waals surface area (Å²) < 4.78 is 59.0. The molecule has 1 aromatic carbocycles. The van der Waals surface area contributed by atoms with Crippen molar-refractivity contribution >= 4 is 33.4 Å². The number of carbonyl (C=O) groups is 1. The Morgan fingerprint density at radius 2 is 1.94 bits per heavy atom. The fraction of sp³-hybridized carbons (Fsp3) is 0.211. The number of fused-ring (bicyclic) bond motifs is 1. The van der Waals surface area contributed by atoms with E-state index in [1.165, 1.54) is 19.5 Å². The van der Waals surface area contributed by atoms with Crippen LogP contribution in [0, 0.1) is 5.82 Å². The van der Waals surface area contributed by atoms with Crippen molar-refractivity contribution in [2.24, 2.45) is 14.1 Å². The third kappa shape index (κ3) is 4.04. The molecule has 0 bridgehead atoms. The Balaban J connectivity index is 1.54. The number of carbonyl (C=O) groups excluding carboxylic acids is 1. The molecule has 9 nitrogen and oxygen atoms in total. The number of aromatic nitrogens is 4. The molecule has 0 aliphatic rings. The lowest BCUT2D eigenvalue weighted by Crippen LogP contribution is -2.37. The number of thiazole rings is 1. The quantitative estimate of drug-likeness (QED) is 0.447. The highest BCUT2D eigenvalue weighted by Gasteiger charge is 2.34. The lowest BCUT2D eigenvalue weighted by molar-refractivity contribution is -0.140. The van der Waals surface area contributed by atoms with Crippen LogP contribution in [0.1, 0.15) is 11.3 Å². The molecule has 0 aliphatic heterocycles. The summed E-state index contributed by atoms with van der Waals surface area (Å²) in [5, 5.41) is 7.67. The molecule has 14 heteroatoms. The van der Waals surface area contributed by atoms with Gasteiger partial charge in [-0.15, -0.1) is 11.3 Å². The predicted molar refractivity (Wildman–Crippen MR) is 109 cm³/mol. The van der Waals surface area contributed by atoms with Crippen LogP contribution in [0.15, 0.2) is 37.7 Å². The highest BCUT2D eigenvalue weighted by Crippen LogP contribution is 2.34. The smallest absolute Gasteiger partial charge is 0.358 e. The maximum Gasteiger partial charge on any atom is 0.419 e. The summed E-state index contributed by atoms with van der Waals surface area (Å²) in [6.07, 6.45) is -5.21. The molecule has 4 rings (SSSR count). The van der Waals surface area contributed by atoms with Crippen LogP contribution in [-0.4, -0.2) is 25.2 Å². The zero-order valence-electron chi connectivity index (χ0n) is 16.9. The third-order valence-electron chi connectivity index (χ3n) is 4.80. The first kappa shape index (κ1) is 22.4. The fourth-order valence-electron chi connectivity index (χ4n) is 3.13. The van der Waals surface area contributed by atoms with Crippen LogP contribution in [0.25, 0.3) is 22.3 Å². The average Bonchev–Trinajstić information content (AvgIpc) is 3.37. The summed E-state index contributed by atoms with van der Waals surface area (Å²) >= 11 is 0.969. The van der Waals surface area contributed by atoms with Gasteiger partial charge < -0.3 is 9.84 Å². The van der Waals surface area contributed by atoms with Gasteiger partial charge in [0, 0.05) is 25.0 Å². The summed E-state index contributed by atoms with van der Waals surface area (Å²) in [6, 6.07) is 2.41. The Kier molecular flexibility index (Phi) is 5.40. The molecular formula is C19H13F4N5O4S. The second-order valence-electron chi connectivity index (χ2n) is 6.97. The van der Waals surface area contributed by atoms with Crippen molar-refractivity contribution in [3.63, 3.8) is 0 Å². The second kappa shape index (κ2) is 7.95. The van der Waals surface area contributed by atoms with E-state index in [4.69, 9.17) is 4.52 Å². The number of hydrogen-bond acceptors (Lipinski definition) is 7. The monoisotopic (exact) mass is 483 g/mol. The average molecular weight is 483 g/mol. The largest absolute Gasteiger partial charge is 0.419 e. The van der Waals surface area contributed by atoms with Gasteiger partial charge in [0.1, 0.15) is 11.2 Å². The molecule has 0 fully saturated rings. The minimum Gasteiger partial charge on any atom is -0.358 e. The van der Waals surface area contributed by atoms with E-state index in [0.717, 1.165) is 26.5 Å². The predicted octanol–water partition coefficient (Wildman–Crippen LogP) is 2.69. The summed E-state index contributed by atoms with van der Waals surface area (Å²) in [5.41, 5.74) is -2.41. The lowest BCUT2D eigenvalue weighted by atomic mass is 10.1. The molecule has 0 spiro atoms. The first-order valence-electron chi connectivity index (χ1n) is 9.14. The number of alkyl halides is 3. The van der Waals surface area contributed by atoms with Crippen LogP contribution in [0.3, 0.4) is 0 Å². The van der Waals surface area contributed by atoms with Crippen LogP contribution in [0.4, 0.5) is 22.7 Å². The highest BCUT2D eigenvalue weighted by molar-refractivity contribution is 7.14. The number of amides is 1. The van der Waals surface area contributed by atoms with Gasteiger partial charge in [0.05, 0.1) is 17.7 Å². The van der Waals surface area contributed by atoms with Gasteiger partial charge in [0.2, 0.25) is 5.91 Å². The van der Waals surface area contributed by atoms with Crippen molar-refractivity contribution in [1.82, 2.24) is 19.3 Å². The van der Waals surface area contributed by atoms with Gasteiger partial charge in [-0.2, -0.15) is 13.2 Å². The van der Waals surface area contributed by atoms with Crippen molar-refractivity contribution < 1.29 is 26.9 Å². The maximum absolute atomic E-state index is 13.8. The van der Waals surface area contributed by atoms with E-state index in [2.05, 4.69) is 15.5 Å². The topological polar surface area (TPSA) is 112 Å². The zero-order chi connectivity index (χ0) is 24.1. The first-order valence-corrected chi connectivity index (χ1v) is 10.0. The molecular weight excluding hydrogens is 470 g/mol. The van der Waals surface area contributed by atoms with E-state index in [1.807, 2.05) is 0 Å². The van der Waals surface area contributed by atoms with E-state index in [9.17, 15) is 31.9 Å². The summed E-state index contributed by atoms with van der Waals surface area (Å²) in [5.74, 6) is -2.12. The normalized spacial score (nSPS) is 11.8. The van der Waals surface area contributed by atoms with E-state index < -0.39 is 41.1 Å². The van der Waals surface area contributed by atoms with Gasteiger partial charge in [0.25, 0.3) is 5.56 Å². The molecule has 1 N–H and O–H groups in total. The molecule has 1 amide bonds. The summed E-state index contributed by atoms with van der Waals surface area (Å²) in [7, 11) is 2.68. The van der Waals surface area contributed by atoms with E-state index >= 15 is 0 Å². The number of nitrogens with one attached hydrogen (secondary N) is 1. The molecule has 0 saturated carbocycles. The van der Waals surface area contributed by atoms with Gasteiger partial charge in [-0.25, -0.2) is 14.2 Å². The Labute approximate surface area is 184 Å². The molecule has 3 heterocycles. The van der Waals surface area contributed by atoms with Crippen molar-refractivity contribution in [3.05, 3.63) is 61.6 Å². The van der Waals surface area contributed by atoms with Gasteiger partial charge >= 0.3 is 11.9 Å². The number of benzene rings is 1. The van der Waals surface area contributed by atoms with Crippen LogP contribution >= 0.6 is 11.3 Å². The molecule has 3 aromatic heterocycles. The minimum atomic E-state index is -4.82. The first-order chi connectivity index (χ1) is 15.5. The minimum absolute atomic E-state index is 0.00762. The summed E-state index contributed by atoms with van der Waals surface area (Å²) in [6.45, 7) is 0. The lowest BCUT2D eigenvalue weighted by Gasteiger charge is -2.08. The second-order valence-corrected chi connectivity index (χ2v) is 7.82. The molecule has 0 atom stereocenters. The van der Waals surface area contributed by atoms with Gasteiger partial charge in [-0.05, 0) is 12.1 Å². The summed E-state index contributed by atoms with van der Waals surface area (Å²) in [4.78, 5) is 40.9. The van der Waals surface area contributed by atoms with Crippen molar-refractivity contribution in [2.75, 3.05) is 5.32 Å². The van der Waals surface area contributed by atoms with Crippen LogP contribution in [0.2, 0.25) is 0 Å². The third-order valence-corrected chi connectivity index (χ3v) is 5.55. The number of nitrogens with zero attached hydrogens (tertiary/aromatic N) is 4. The molecule has 4 aromatic rings. The molecule has 0 aliphatic carbocycles. The highest BCUT2D eigenvalue weighted by atomic mass is 32.1. The molecule has 0 unspecified atom stereocenters. The SMILES string of the molecule is Cn1c(=O)c2c(CC(=O)Nc3nc(-c4ccc(C(F)(F)F)c(F)c4)cs3)onc2n(C)c1=O. The van der Waals surface area contributed by atoms with Crippen LogP contribution in [0.5, 0.6) is 0 Å². The van der Waals surface area contributed by atoms with Gasteiger partial charge in [-0.3, -0.25) is 18.7 Å². The van der Waals surface area contributed by atoms with Crippen LogP contribution < -0.4 is 16.6 Å².